The summed E-state index contributed by atoms with van der Waals surface area (Å²) in [4.78, 5) is 0. The van der Waals surface area contributed by atoms with Crippen molar-refractivity contribution in [2.75, 3.05) is 26.4 Å². The van der Waals surface area contributed by atoms with Crippen LogP contribution < -0.4 is 0 Å². The van der Waals surface area contributed by atoms with Crippen LogP contribution in [-0.4, -0.2) is 61.1 Å². The predicted molar refractivity (Wildman–Crippen MR) is 65.0 cm³/mol. The maximum Gasteiger partial charge on any atom is 0.0781 e. The second-order valence-corrected chi connectivity index (χ2v) is 4.52. The van der Waals surface area contributed by atoms with Gasteiger partial charge < -0.3 is 24.4 Å². The predicted octanol–water partition coefficient (Wildman–Crippen LogP) is 0.575. The molecule has 0 spiro atoms. The van der Waals surface area contributed by atoms with E-state index in [9.17, 15) is 0 Å². The Hall–Kier alpha value is -0.200. The van der Waals surface area contributed by atoms with Gasteiger partial charge in [0.05, 0.1) is 50.8 Å². The van der Waals surface area contributed by atoms with E-state index in [4.69, 9.17) is 24.4 Å². The van der Waals surface area contributed by atoms with E-state index in [0.717, 1.165) is 0 Å². The molecule has 0 aliphatic heterocycles. The lowest BCUT2D eigenvalue weighted by atomic mass is 10.4. The standard InChI is InChI=1S/C12H26O5/c1-9(13)5-15-7-11(3)17-8-12(4)16-6-10(2)14/h9-14H,5-8H2,1-4H3. The Labute approximate surface area is 104 Å². The van der Waals surface area contributed by atoms with Crippen LogP contribution in [0.5, 0.6) is 0 Å². The molecule has 0 saturated carbocycles. The largest absolute Gasteiger partial charge is 0.391 e. The van der Waals surface area contributed by atoms with Crippen LogP contribution in [0.1, 0.15) is 27.7 Å². The quantitative estimate of drug-likeness (QED) is 0.593. The second-order valence-electron chi connectivity index (χ2n) is 4.52. The third-order valence-electron chi connectivity index (χ3n) is 1.95. The fourth-order valence-electron chi connectivity index (χ4n) is 1.10. The summed E-state index contributed by atoms with van der Waals surface area (Å²) in [5.41, 5.74) is 0. The van der Waals surface area contributed by atoms with Crippen molar-refractivity contribution in [2.24, 2.45) is 0 Å². The molecule has 0 aromatic carbocycles. The first kappa shape index (κ1) is 16.8. The van der Waals surface area contributed by atoms with Crippen LogP contribution in [0.4, 0.5) is 0 Å². The fourth-order valence-corrected chi connectivity index (χ4v) is 1.10. The van der Waals surface area contributed by atoms with Crippen molar-refractivity contribution in [3.05, 3.63) is 0 Å². The Morgan fingerprint density at radius 2 is 1.18 bits per heavy atom. The number of aliphatic hydroxyl groups is 2. The molecule has 104 valence electrons. The highest BCUT2D eigenvalue weighted by atomic mass is 16.6. The van der Waals surface area contributed by atoms with E-state index in [2.05, 4.69) is 0 Å². The third-order valence-corrected chi connectivity index (χ3v) is 1.95. The molecule has 0 aromatic rings. The van der Waals surface area contributed by atoms with E-state index in [1.807, 2.05) is 13.8 Å². The minimum absolute atomic E-state index is 0.0358. The number of ether oxygens (including phenoxy) is 3. The maximum atomic E-state index is 9.04. The molecule has 4 atom stereocenters. The summed E-state index contributed by atoms with van der Waals surface area (Å²) in [5, 5.41) is 18.0. The van der Waals surface area contributed by atoms with Crippen LogP contribution in [0.2, 0.25) is 0 Å². The van der Waals surface area contributed by atoms with Gasteiger partial charge in [0.15, 0.2) is 0 Å². The lowest BCUT2D eigenvalue weighted by molar-refractivity contribution is -0.0753. The van der Waals surface area contributed by atoms with Crippen molar-refractivity contribution in [2.45, 2.75) is 52.1 Å². The first-order valence-corrected chi connectivity index (χ1v) is 6.08. The van der Waals surface area contributed by atoms with E-state index in [1.165, 1.54) is 0 Å². The molecule has 17 heavy (non-hydrogen) atoms. The molecular weight excluding hydrogens is 224 g/mol. The minimum atomic E-state index is -0.454. The molecule has 0 rings (SSSR count). The molecule has 0 bridgehead atoms. The highest BCUT2D eigenvalue weighted by Gasteiger charge is 2.08. The summed E-state index contributed by atoms with van der Waals surface area (Å²) in [6, 6.07) is 0. The Morgan fingerprint density at radius 1 is 0.706 bits per heavy atom. The van der Waals surface area contributed by atoms with Gasteiger partial charge in [0.1, 0.15) is 0 Å². The first-order valence-electron chi connectivity index (χ1n) is 6.08. The molecule has 0 aliphatic carbocycles. The van der Waals surface area contributed by atoms with Crippen LogP contribution >= 0.6 is 0 Å². The van der Waals surface area contributed by atoms with Crippen LogP contribution in [0, 0.1) is 0 Å². The summed E-state index contributed by atoms with van der Waals surface area (Å²) in [5.74, 6) is 0. The summed E-state index contributed by atoms with van der Waals surface area (Å²) >= 11 is 0. The van der Waals surface area contributed by atoms with Crippen LogP contribution in [0.25, 0.3) is 0 Å². The maximum absolute atomic E-state index is 9.04. The van der Waals surface area contributed by atoms with Crippen molar-refractivity contribution >= 4 is 0 Å². The molecule has 4 unspecified atom stereocenters. The lowest BCUT2D eigenvalue weighted by Gasteiger charge is -2.18. The van der Waals surface area contributed by atoms with Gasteiger partial charge >= 0.3 is 0 Å². The average molecular weight is 250 g/mol. The molecule has 5 nitrogen and oxygen atoms in total. The van der Waals surface area contributed by atoms with Crippen LogP contribution in [0.15, 0.2) is 0 Å². The van der Waals surface area contributed by atoms with Gasteiger partial charge in [-0.15, -0.1) is 0 Å². The summed E-state index contributed by atoms with van der Waals surface area (Å²) < 4.78 is 16.1. The van der Waals surface area contributed by atoms with Gasteiger partial charge in [0.25, 0.3) is 0 Å². The highest BCUT2D eigenvalue weighted by molar-refractivity contribution is 4.54. The molecule has 0 fully saturated rings. The Morgan fingerprint density at radius 3 is 1.71 bits per heavy atom. The van der Waals surface area contributed by atoms with E-state index < -0.39 is 12.2 Å². The summed E-state index contributed by atoms with van der Waals surface area (Å²) in [7, 11) is 0. The molecule has 0 amide bonds. The number of hydrogen-bond donors (Lipinski definition) is 2. The van der Waals surface area contributed by atoms with E-state index >= 15 is 0 Å². The Balaban J connectivity index is 3.45. The van der Waals surface area contributed by atoms with Gasteiger partial charge in [-0.1, -0.05) is 0 Å². The number of rotatable bonds is 10. The van der Waals surface area contributed by atoms with Gasteiger partial charge in [-0.2, -0.15) is 0 Å². The van der Waals surface area contributed by atoms with Crippen LogP contribution in [-0.2, 0) is 14.2 Å². The third kappa shape index (κ3) is 12.1. The van der Waals surface area contributed by atoms with Gasteiger partial charge in [-0.05, 0) is 27.7 Å². The van der Waals surface area contributed by atoms with Gasteiger partial charge in [-0.3, -0.25) is 0 Å². The number of hydrogen-bond acceptors (Lipinski definition) is 5. The first-order chi connectivity index (χ1) is 7.91. The molecular formula is C12H26O5. The van der Waals surface area contributed by atoms with Crippen molar-refractivity contribution in [3.8, 4) is 0 Å². The normalized spacial score (nSPS) is 18.7. The monoisotopic (exact) mass is 250 g/mol. The minimum Gasteiger partial charge on any atom is -0.391 e. The zero-order valence-corrected chi connectivity index (χ0v) is 11.3. The zero-order valence-electron chi connectivity index (χ0n) is 11.3. The summed E-state index contributed by atoms with van der Waals surface area (Å²) in [6.45, 7) is 8.71. The fraction of sp³-hybridized carbons (Fsp3) is 1.00. The van der Waals surface area contributed by atoms with Crippen molar-refractivity contribution in [1.82, 2.24) is 0 Å². The zero-order chi connectivity index (χ0) is 13.3. The highest BCUT2D eigenvalue weighted by Crippen LogP contribution is 1.99. The molecule has 2 N–H and O–H groups in total. The SMILES string of the molecule is CC(O)COCC(C)OCC(C)OCC(C)O. The smallest absolute Gasteiger partial charge is 0.0781 e. The summed E-state index contributed by atoms with van der Waals surface area (Å²) in [6.07, 6.45) is -0.991. The Kier molecular flexibility index (Phi) is 9.68. The van der Waals surface area contributed by atoms with Gasteiger partial charge in [0.2, 0.25) is 0 Å². The van der Waals surface area contributed by atoms with Gasteiger partial charge in [0, 0.05) is 0 Å². The molecule has 0 aromatic heterocycles. The average Bonchev–Trinajstić information content (AvgIpc) is 2.23. The van der Waals surface area contributed by atoms with Crippen LogP contribution in [0.3, 0.4) is 0 Å². The van der Waals surface area contributed by atoms with Crippen molar-refractivity contribution < 1.29 is 24.4 Å². The molecule has 5 heteroatoms. The molecule has 0 heterocycles. The molecule has 0 aliphatic rings. The lowest BCUT2D eigenvalue weighted by Crippen LogP contribution is -2.26. The van der Waals surface area contributed by atoms with Crippen molar-refractivity contribution in [3.63, 3.8) is 0 Å². The second kappa shape index (κ2) is 9.79. The number of aliphatic hydroxyl groups excluding tert-OH is 2. The molecule has 0 saturated heterocycles. The van der Waals surface area contributed by atoms with Gasteiger partial charge in [-0.25, -0.2) is 0 Å². The van der Waals surface area contributed by atoms with Crippen molar-refractivity contribution in [1.29, 1.82) is 0 Å². The molecule has 0 radical (unpaired) electrons. The topological polar surface area (TPSA) is 68.2 Å². The van der Waals surface area contributed by atoms with E-state index in [-0.39, 0.29) is 12.2 Å². The van der Waals surface area contributed by atoms with E-state index in [0.29, 0.717) is 26.4 Å². The van der Waals surface area contributed by atoms with E-state index in [1.54, 1.807) is 13.8 Å². The Bertz CT molecular complexity index is 172.